The van der Waals surface area contributed by atoms with Gasteiger partial charge in [0.1, 0.15) is 6.04 Å². The van der Waals surface area contributed by atoms with Gasteiger partial charge in [-0.3, -0.25) is 9.59 Å². The SMILES string of the molecule is CC(C)[C@H](NC(=O)c1nccn1C)C(=O)N[C@H](C)C(C)(C)C. The zero-order valence-electron chi connectivity index (χ0n) is 14.6. The van der Waals surface area contributed by atoms with E-state index in [0.717, 1.165) is 0 Å². The molecule has 1 heterocycles. The van der Waals surface area contributed by atoms with Crippen LogP contribution in [-0.4, -0.2) is 33.4 Å². The summed E-state index contributed by atoms with van der Waals surface area (Å²) >= 11 is 0. The molecule has 0 radical (unpaired) electrons. The number of hydrogen-bond donors (Lipinski definition) is 2. The molecule has 1 aromatic rings. The summed E-state index contributed by atoms with van der Waals surface area (Å²) in [7, 11) is 1.74. The summed E-state index contributed by atoms with van der Waals surface area (Å²) in [6.45, 7) is 12.0. The average molecular weight is 308 g/mol. The van der Waals surface area contributed by atoms with Gasteiger partial charge < -0.3 is 15.2 Å². The fourth-order valence-corrected chi connectivity index (χ4v) is 1.84. The van der Waals surface area contributed by atoms with E-state index in [1.165, 1.54) is 0 Å². The van der Waals surface area contributed by atoms with Crippen molar-refractivity contribution in [2.24, 2.45) is 18.4 Å². The van der Waals surface area contributed by atoms with E-state index in [1.807, 2.05) is 20.8 Å². The standard InChI is InChI=1S/C16H28N4O2/c1-10(2)12(14(21)18-11(3)16(4,5)6)19-15(22)13-17-8-9-20(13)7/h8-12H,1-7H3,(H,18,21)(H,19,22)/t11-,12+/m1/s1. The van der Waals surface area contributed by atoms with Gasteiger partial charge in [-0.2, -0.15) is 0 Å². The molecule has 0 saturated carbocycles. The first-order chi connectivity index (χ1) is 10.0. The fourth-order valence-electron chi connectivity index (χ4n) is 1.84. The number of carbonyl (C=O) groups excluding carboxylic acids is 2. The highest BCUT2D eigenvalue weighted by Crippen LogP contribution is 2.19. The van der Waals surface area contributed by atoms with Crippen LogP contribution in [0.5, 0.6) is 0 Å². The Labute approximate surface area is 132 Å². The van der Waals surface area contributed by atoms with Gasteiger partial charge in [-0.1, -0.05) is 34.6 Å². The molecule has 2 amide bonds. The third-order valence-corrected chi connectivity index (χ3v) is 3.92. The van der Waals surface area contributed by atoms with Gasteiger partial charge in [-0.15, -0.1) is 0 Å². The molecule has 0 aliphatic rings. The Hall–Kier alpha value is -1.85. The van der Waals surface area contributed by atoms with E-state index < -0.39 is 6.04 Å². The highest BCUT2D eigenvalue weighted by molar-refractivity contribution is 5.95. The first kappa shape index (κ1) is 18.2. The molecule has 0 aliphatic carbocycles. The molecule has 0 spiro atoms. The number of carbonyl (C=O) groups is 2. The third-order valence-electron chi connectivity index (χ3n) is 3.92. The first-order valence-electron chi connectivity index (χ1n) is 7.62. The summed E-state index contributed by atoms with van der Waals surface area (Å²) < 4.78 is 1.63. The molecular weight excluding hydrogens is 280 g/mol. The van der Waals surface area contributed by atoms with Crippen LogP contribution in [0, 0.1) is 11.3 Å². The fraction of sp³-hybridized carbons (Fsp3) is 0.688. The van der Waals surface area contributed by atoms with Crippen molar-refractivity contribution in [3.8, 4) is 0 Å². The molecule has 124 valence electrons. The number of aryl methyl sites for hydroxylation is 1. The second-order valence-corrected chi connectivity index (χ2v) is 7.15. The Morgan fingerprint density at radius 3 is 2.18 bits per heavy atom. The molecule has 22 heavy (non-hydrogen) atoms. The Morgan fingerprint density at radius 2 is 1.77 bits per heavy atom. The lowest BCUT2D eigenvalue weighted by molar-refractivity contribution is -0.125. The minimum Gasteiger partial charge on any atom is -0.351 e. The summed E-state index contributed by atoms with van der Waals surface area (Å²) in [4.78, 5) is 28.7. The molecule has 0 unspecified atom stereocenters. The van der Waals surface area contributed by atoms with Crippen molar-refractivity contribution in [1.82, 2.24) is 20.2 Å². The number of rotatable bonds is 5. The first-order valence-corrected chi connectivity index (χ1v) is 7.62. The quantitative estimate of drug-likeness (QED) is 0.869. The van der Waals surface area contributed by atoms with Crippen LogP contribution in [0.25, 0.3) is 0 Å². The Bertz CT molecular complexity index is 528. The van der Waals surface area contributed by atoms with E-state index in [1.54, 1.807) is 24.0 Å². The lowest BCUT2D eigenvalue weighted by Gasteiger charge is -2.31. The summed E-state index contributed by atoms with van der Waals surface area (Å²) in [5, 5.41) is 5.77. The van der Waals surface area contributed by atoms with E-state index in [-0.39, 0.29) is 29.2 Å². The number of nitrogens with zero attached hydrogens (tertiary/aromatic N) is 2. The summed E-state index contributed by atoms with van der Waals surface area (Å²) in [6, 6.07) is -0.583. The van der Waals surface area contributed by atoms with Crippen LogP contribution in [0.1, 0.15) is 52.2 Å². The number of amides is 2. The maximum atomic E-state index is 12.5. The third kappa shape index (κ3) is 4.58. The van der Waals surface area contributed by atoms with E-state index in [2.05, 4.69) is 36.4 Å². The molecular formula is C16H28N4O2. The van der Waals surface area contributed by atoms with E-state index in [0.29, 0.717) is 5.82 Å². The lowest BCUT2D eigenvalue weighted by atomic mass is 9.87. The van der Waals surface area contributed by atoms with Crippen molar-refractivity contribution in [2.75, 3.05) is 0 Å². The van der Waals surface area contributed by atoms with Gasteiger partial charge in [-0.25, -0.2) is 4.98 Å². The molecule has 6 heteroatoms. The number of imidazole rings is 1. The van der Waals surface area contributed by atoms with Crippen LogP contribution in [-0.2, 0) is 11.8 Å². The predicted molar refractivity (Wildman–Crippen MR) is 86.4 cm³/mol. The van der Waals surface area contributed by atoms with Crippen LogP contribution >= 0.6 is 0 Å². The maximum absolute atomic E-state index is 12.5. The van der Waals surface area contributed by atoms with Gasteiger partial charge in [0.2, 0.25) is 5.91 Å². The van der Waals surface area contributed by atoms with Crippen molar-refractivity contribution in [1.29, 1.82) is 0 Å². The zero-order valence-corrected chi connectivity index (χ0v) is 14.6. The topological polar surface area (TPSA) is 76.0 Å². The molecule has 0 bridgehead atoms. The van der Waals surface area contributed by atoms with E-state index in [4.69, 9.17) is 0 Å². The Morgan fingerprint density at radius 1 is 1.18 bits per heavy atom. The molecule has 0 fully saturated rings. The predicted octanol–water partition coefficient (Wildman–Crippen LogP) is 1.73. The smallest absolute Gasteiger partial charge is 0.287 e. The number of nitrogens with one attached hydrogen (secondary N) is 2. The minimum atomic E-state index is -0.589. The van der Waals surface area contributed by atoms with E-state index in [9.17, 15) is 9.59 Å². The molecule has 0 aromatic carbocycles. The van der Waals surface area contributed by atoms with Gasteiger partial charge in [0.15, 0.2) is 5.82 Å². The van der Waals surface area contributed by atoms with Crippen LogP contribution in [0.2, 0.25) is 0 Å². The van der Waals surface area contributed by atoms with Gasteiger partial charge in [0.25, 0.3) is 5.91 Å². The molecule has 0 saturated heterocycles. The van der Waals surface area contributed by atoms with Crippen molar-refractivity contribution < 1.29 is 9.59 Å². The zero-order chi connectivity index (χ0) is 17.1. The van der Waals surface area contributed by atoms with Gasteiger partial charge in [0, 0.05) is 25.5 Å². The van der Waals surface area contributed by atoms with Crippen LogP contribution in [0.15, 0.2) is 12.4 Å². The monoisotopic (exact) mass is 308 g/mol. The normalized spacial score (nSPS) is 14.5. The van der Waals surface area contributed by atoms with Crippen molar-refractivity contribution in [3.63, 3.8) is 0 Å². The lowest BCUT2D eigenvalue weighted by Crippen LogP contribution is -2.54. The summed E-state index contributed by atoms with van der Waals surface area (Å²) in [5.41, 5.74) is -0.0408. The average Bonchev–Trinajstić information content (AvgIpc) is 2.80. The molecule has 1 rings (SSSR count). The second-order valence-electron chi connectivity index (χ2n) is 7.15. The van der Waals surface area contributed by atoms with Crippen molar-refractivity contribution in [3.05, 3.63) is 18.2 Å². The number of hydrogen-bond acceptors (Lipinski definition) is 3. The summed E-state index contributed by atoms with van der Waals surface area (Å²) in [6.07, 6.45) is 3.25. The Balaban J connectivity index is 2.80. The maximum Gasteiger partial charge on any atom is 0.287 e. The van der Waals surface area contributed by atoms with E-state index >= 15 is 0 Å². The molecule has 6 nitrogen and oxygen atoms in total. The number of aromatic nitrogens is 2. The van der Waals surface area contributed by atoms with Gasteiger partial charge in [0.05, 0.1) is 0 Å². The highest BCUT2D eigenvalue weighted by atomic mass is 16.2. The van der Waals surface area contributed by atoms with Crippen LogP contribution in [0.4, 0.5) is 0 Å². The van der Waals surface area contributed by atoms with Gasteiger partial charge in [-0.05, 0) is 18.3 Å². The minimum absolute atomic E-state index is 0.00585. The molecule has 2 N–H and O–H groups in total. The van der Waals surface area contributed by atoms with Crippen molar-refractivity contribution >= 4 is 11.8 Å². The molecule has 2 atom stereocenters. The summed E-state index contributed by atoms with van der Waals surface area (Å²) in [5.74, 6) is -0.233. The van der Waals surface area contributed by atoms with Crippen LogP contribution < -0.4 is 10.6 Å². The second kappa shape index (κ2) is 6.94. The largest absolute Gasteiger partial charge is 0.351 e. The van der Waals surface area contributed by atoms with Gasteiger partial charge >= 0.3 is 0 Å². The molecule has 0 aliphatic heterocycles. The van der Waals surface area contributed by atoms with Crippen LogP contribution in [0.3, 0.4) is 0 Å². The van der Waals surface area contributed by atoms with Crippen molar-refractivity contribution in [2.45, 2.75) is 53.6 Å². The highest BCUT2D eigenvalue weighted by Gasteiger charge is 2.29. The Kier molecular flexibility index (Phi) is 5.74. The molecule has 1 aromatic heterocycles.